The van der Waals surface area contributed by atoms with Gasteiger partial charge in [-0.3, -0.25) is 14.5 Å². The van der Waals surface area contributed by atoms with Crippen LogP contribution in [-0.2, 0) is 4.79 Å². The number of carbonyl (C=O) groups excluding carboxylic acids is 2. The van der Waals surface area contributed by atoms with Gasteiger partial charge in [0.15, 0.2) is 0 Å². The molecule has 0 radical (unpaired) electrons. The molecule has 2 aromatic rings. The van der Waals surface area contributed by atoms with E-state index in [-0.39, 0.29) is 11.8 Å². The van der Waals surface area contributed by atoms with Crippen LogP contribution in [0.5, 0.6) is 0 Å². The van der Waals surface area contributed by atoms with E-state index in [1.807, 2.05) is 18.2 Å². The minimum absolute atomic E-state index is 0.165. The summed E-state index contributed by atoms with van der Waals surface area (Å²) >= 11 is 1.69. The zero-order valence-corrected chi connectivity index (χ0v) is 15.8. The SMILES string of the molecule is C=C1c2ccccc2C(=O)N1[C@@H](C)C(=O)NCCSc1ccc(C)cc1. The number of thioether (sulfide) groups is 1. The predicted octanol–water partition coefficient (Wildman–Crippen LogP) is 3.72. The first kappa shape index (κ1) is 18.3. The van der Waals surface area contributed by atoms with Crippen LogP contribution in [0.15, 0.2) is 60.0 Å². The summed E-state index contributed by atoms with van der Waals surface area (Å²) in [5, 5.41) is 2.91. The van der Waals surface area contributed by atoms with Crippen molar-refractivity contribution in [2.45, 2.75) is 24.8 Å². The number of hydrogen-bond donors (Lipinski definition) is 1. The van der Waals surface area contributed by atoms with Crippen LogP contribution in [0.3, 0.4) is 0 Å². The third kappa shape index (κ3) is 3.68. The standard InChI is InChI=1S/C21H22N2O2S/c1-14-8-10-17(11-9-14)26-13-12-22-20(24)16(3)23-15(2)18-6-4-5-7-19(18)21(23)25/h4-11,16H,2,12-13H2,1,3H3,(H,22,24)/t16-/m0/s1. The van der Waals surface area contributed by atoms with Crippen molar-refractivity contribution in [3.63, 3.8) is 0 Å². The molecule has 0 unspecified atom stereocenters. The van der Waals surface area contributed by atoms with Gasteiger partial charge in [0.1, 0.15) is 6.04 Å². The maximum absolute atomic E-state index is 12.6. The van der Waals surface area contributed by atoms with Crippen LogP contribution in [0.25, 0.3) is 5.70 Å². The molecule has 5 heteroatoms. The second kappa shape index (κ2) is 7.79. The number of fused-ring (bicyclic) bond motifs is 1. The summed E-state index contributed by atoms with van der Waals surface area (Å²) in [6.07, 6.45) is 0. The van der Waals surface area contributed by atoms with Crippen LogP contribution in [0, 0.1) is 6.92 Å². The molecular formula is C21H22N2O2S. The quantitative estimate of drug-likeness (QED) is 0.626. The van der Waals surface area contributed by atoms with E-state index in [1.165, 1.54) is 15.4 Å². The first-order chi connectivity index (χ1) is 12.5. The van der Waals surface area contributed by atoms with E-state index < -0.39 is 6.04 Å². The van der Waals surface area contributed by atoms with Crippen molar-refractivity contribution in [3.8, 4) is 0 Å². The van der Waals surface area contributed by atoms with E-state index in [1.54, 1.807) is 24.8 Å². The van der Waals surface area contributed by atoms with Gasteiger partial charge >= 0.3 is 0 Å². The third-order valence-electron chi connectivity index (χ3n) is 4.44. The molecule has 1 heterocycles. The number of nitrogens with one attached hydrogen (secondary N) is 1. The topological polar surface area (TPSA) is 49.4 Å². The number of nitrogens with zero attached hydrogens (tertiary/aromatic N) is 1. The Labute approximate surface area is 158 Å². The molecule has 2 aromatic carbocycles. The Kier molecular flexibility index (Phi) is 5.47. The molecule has 0 spiro atoms. The second-order valence-corrected chi connectivity index (χ2v) is 7.46. The normalized spacial score (nSPS) is 14.3. The van der Waals surface area contributed by atoms with Crippen LogP contribution in [0.1, 0.15) is 28.4 Å². The Morgan fingerprint density at radius 1 is 1.15 bits per heavy atom. The molecule has 0 fully saturated rings. The van der Waals surface area contributed by atoms with Gasteiger partial charge in [0.2, 0.25) is 5.91 Å². The maximum atomic E-state index is 12.6. The molecule has 1 N–H and O–H groups in total. The lowest BCUT2D eigenvalue weighted by Gasteiger charge is -2.24. The number of amides is 2. The van der Waals surface area contributed by atoms with Gasteiger partial charge < -0.3 is 5.32 Å². The van der Waals surface area contributed by atoms with Crippen molar-refractivity contribution in [1.82, 2.24) is 10.2 Å². The third-order valence-corrected chi connectivity index (χ3v) is 5.45. The monoisotopic (exact) mass is 366 g/mol. The Balaban J connectivity index is 1.53. The molecule has 134 valence electrons. The van der Waals surface area contributed by atoms with Gasteiger partial charge in [-0.2, -0.15) is 0 Å². The van der Waals surface area contributed by atoms with Crippen molar-refractivity contribution < 1.29 is 9.59 Å². The molecule has 3 rings (SSSR count). The lowest BCUT2D eigenvalue weighted by molar-refractivity contribution is -0.124. The van der Waals surface area contributed by atoms with Crippen molar-refractivity contribution in [2.75, 3.05) is 12.3 Å². The van der Waals surface area contributed by atoms with Crippen molar-refractivity contribution >= 4 is 29.3 Å². The highest BCUT2D eigenvalue weighted by Gasteiger charge is 2.36. The van der Waals surface area contributed by atoms with Crippen molar-refractivity contribution in [3.05, 3.63) is 71.8 Å². The Bertz CT molecular complexity index is 810. The van der Waals surface area contributed by atoms with Gasteiger partial charge in [0.05, 0.1) is 0 Å². The molecule has 0 bridgehead atoms. The Morgan fingerprint density at radius 2 is 1.81 bits per heavy atom. The highest BCUT2D eigenvalue weighted by Crippen LogP contribution is 2.32. The predicted molar refractivity (Wildman–Crippen MR) is 106 cm³/mol. The van der Waals surface area contributed by atoms with Gasteiger partial charge in [-0.25, -0.2) is 0 Å². The summed E-state index contributed by atoms with van der Waals surface area (Å²) < 4.78 is 0. The smallest absolute Gasteiger partial charge is 0.259 e. The van der Waals surface area contributed by atoms with Crippen LogP contribution in [0.4, 0.5) is 0 Å². The molecule has 1 aliphatic rings. The highest BCUT2D eigenvalue weighted by atomic mass is 32.2. The van der Waals surface area contributed by atoms with Gasteiger partial charge in [0, 0.05) is 34.0 Å². The minimum atomic E-state index is -0.591. The number of rotatable bonds is 6. The van der Waals surface area contributed by atoms with Gasteiger partial charge in [-0.1, -0.05) is 42.5 Å². The summed E-state index contributed by atoms with van der Waals surface area (Å²) in [5.74, 6) is 0.440. The molecule has 2 amide bonds. The summed E-state index contributed by atoms with van der Waals surface area (Å²) in [6.45, 7) is 8.33. The van der Waals surface area contributed by atoms with Crippen LogP contribution < -0.4 is 5.32 Å². The fraction of sp³-hybridized carbons (Fsp3) is 0.238. The molecule has 4 nitrogen and oxygen atoms in total. The summed E-state index contributed by atoms with van der Waals surface area (Å²) in [7, 11) is 0. The summed E-state index contributed by atoms with van der Waals surface area (Å²) in [6, 6.07) is 15.0. The lowest BCUT2D eigenvalue weighted by atomic mass is 10.1. The molecular weight excluding hydrogens is 344 g/mol. The number of benzene rings is 2. The minimum Gasteiger partial charge on any atom is -0.353 e. The van der Waals surface area contributed by atoms with Crippen molar-refractivity contribution in [1.29, 1.82) is 0 Å². The maximum Gasteiger partial charge on any atom is 0.259 e. The summed E-state index contributed by atoms with van der Waals surface area (Å²) in [5.41, 5.74) is 3.22. The first-order valence-electron chi connectivity index (χ1n) is 8.58. The largest absolute Gasteiger partial charge is 0.353 e. The Morgan fingerprint density at radius 3 is 2.46 bits per heavy atom. The van der Waals surface area contributed by atoms with Crippen LogP contribution in [0.2, 0.25) is 0 Å². The van der Waals surface area contributed by atoms with Crippen molar-refractivity contribution in [2.24, 2.45) is 0 Å². The number of aryl methyl sites for hydroxylation is 1. The average molecular weight is 366 g/mol. The lowest BCUT2D eigenvalue weighted by Crippen LogP contribution is -2.45. The van der Waals surface area contributed by atoms with Crippen LogP contribution in [-0.4, -0.2) is 35.1 Å². The van der Waals surface area contributed by atoms with Gasteiger partial charge in [0.25, 0.3) is 5.91 Å². The fourth-order valence-corrected chi connectivity index (χ4v) is 3.72. The van der Waals surface area contributed by atoms with E-state index in [4.69, 9.17) is 0 Å². The zero-order valence-electron chi connectivity index (χ0n) is 15.0. The van der Waals surface area contributed by atoms with E-state index in [0.29, 0.717) is 17.8 Å². The van der Waals surface area contributed by atoms with Crippen LogP contribution >= 0.6 is 11.8 Å². The van der Waals surface area contributed by atoms with E-state index >= 15 is 0 Å². The summed E-state index contributed by atoms with van der Waals surface area (Å²) in [4.78, 5) is 27.7. The van der Waals surface area contributed by atoms with Gasteiger partial charge in [-0.05, 0) is 32.0 Å². The molecule has 0 saturated carbocycles. The molecule has 1 aliphatic heterocycles. The number of carbonyl (C=O) groups is 2. The molecule has 0 aliphatic carbocycles. The van der Waals surface area contributed by atoms with E-state index in [2.05, 4.69) is 43.1 Å². The van der Waals surface area contributed by atoms with E-state index in [9.17, 15) is 9.59 Å². The Hall–Kier alpha value is -2.53. The first-order valence-corrected chi connectivity index (χ1v) is 9.56. The molecule has 0 saturated heterocycles. The van der Waals surface area contributed by atoms with Gasteiger partial charge in [-0.15, -0.1) is 11.8 Å². The zero-order chi connectivity index (χ0) is 18.7. The van der Waals surface area contributed by atoms with E-state index in [0.717, 1.165) is 11.3 Å². The molecule has 1 atom stereocenters. The number of hydrogen-bond acceptors (Lipinski definition) is 3. The fourth-order valence-electron chi connectivity index (χ4n) is 2.96. The average Bonchev–Trinajstić information content (AvgIpc) is 2.90. The highest BCUT2D eigenvalue weighted by molar-refractivity contribution is 7.99. The molecule has 26 heavy (non-hydrogen) atoms. The molecule has 0 aromatic heterocycles. The second-order valence-electron chi connectivity index (χ2n) is 6.30.